The molecule has 15 heavy (non-hydrogen) atoms. The molecule has 0 aliphatic carbocycles. The van der Waals surface area contributed by atoms with Gasteiger partial charge in [-0.25, -0.2) is 4.79 Å². The van der Waals surface area contributed by atoms with E-state index in [4.69, 9.17) is 0 Å². The van der Waals surface area contributed by atoms with Crippen molar-refractivity contribution in [1.82, 2.24) is 15.1 Å². The Kier molecular flexibility index (Phi) is 4.84. The Labute approximate surface area is 91.0 Å². The molecule has 1 saturated heterocycles. The van der Waals surface area contributed by atoms with Crippen LogP contribution in [0.1, 0.15) is 13.8 Å². The maximum Gasteiger partial charge on any atom is 0.317 e. The van der Waals surface area contributed by atoms with Gasteiger partial charge in [-0.1, -0.05) is 0 Å². The number of amides is 2. The summed E-state index contributed by atoms with van der Waals surface area (Å²) < 4.78 is 0. The summed E-state index contributed by atoms with van der Waals surface area (Å²) in [6.07, 6.45) is -0.291. The number of hydrogen-bond donors (Lipinski definition) is 2. The van der Waals surface area contributed by atoms with Crippen LogP contribution in [0, 0.1) is 0 Å². The predicted molar refractivity (Wildman–Crippen MR) is 58.8 cm³/mol. The van der Waals surface area contributed by atoms with E-state index in [1.54, 1.807) is 6.92 Å². The fourth-order valence-electron chi connectivity index (χ4n) is 1.77. The summed E-state index contributed by atoms with van der Waals surface area (Å²) in [5.74, 6) is 0. The maximum atomic E-state index is 11.5. The van der Waals surface area contributed by atoms with E-state index in [1.807, 2.05) is 11.8 Å². The lowest BCUT2D eigenvalue weighted by molar-refractivity contribution is 0.0899. The van der Waals surface area contributed by atoms with Crippen LogP contribution in [0.3, 0.4) is 0 Å². The molecule has 88 valence electrons. The molecule has 0 spiro atoms. The summed E-state index contributed by atoms with van der Waals surface area (Å²) in [5, 5.41) is 12.0. The van der Waals surface area contributed by atoms with Crippen LogP contribution in [0.5, 0.6) is 0 Å². The Morgan fingerprint density at radius 1 is 1.40 bits per heavy atom. The van der Waals surface area contributed by atoms with Crippen LogP contribution < -0.4 is 5.32 Å². The highest BCUT2D eigenvalue weighted by Gasteiger charge is 2.20. The number of aliphatic hydroxyl groups is 1. The van der Waals surface area contributed by atoms with E-state index < -0.39 is 0 Å². The van der Waals surface area contributed by atoms with Crippen molar-refractivity contribution in [3.05, 3.63) is 0 Å². The summed E-state index contributed by atoms with van der Waals surface area (Å²) >= 11 is 0. The van der Waals surface area contributed by atoms with Gasteiger partial charge in [-0.3, -0.25) is 4.90 Å². The van der Waals surface area contributed by atoms with E-state index in [2.05, 4.69) is 10.2 Å². The largest absolute Gasteiger partial charge is 0.392 e. The molecule has 1 heterocycles. The minimum absolute atomic E-state index is 0.0224. The Bertz CT molecular complexity index is 201. The van der Waals surface area contributed by atoms with Crippen molar-refractivity contribution in [3.8, 4) is 0 Å². The topological polar surface area (TPSA) is 55.8 Å². The van der Waals surface area contributed by atoms with Gasteiger partial charge in [0.15, 0.2) is 0 Å². The highest BCUT2D eigenvalue weighted by molar-refractivity contribution is 5.74. The molecular formula is C10H21N3O2. The van der Waals surface area contributed by atoms with Gasteiger partial charge >= 0.3 is 6.03 Å². The molecule has 0 aromatic rings. The zero-order chi connectivity index (χ0) is 11.3. The number of hydrogen-bond acceptors (Lipinski definition) is 3. The summed E-state index contributed by atoms with van der Waals surface area (Å²) in [4.78, 5) is 15.5. The number of urea groups is 1. The number of carbonyl (C=O) groups excluding carboxylic acids is 1. The van der Waals surface area contributed by atoms with Crippen molar-refractivity contribution < 1.29 is 9.90 Å². The molecule has 5 heteroatoms. The molecule has 1 unspecified atom stereocenters. The number of nitrogens with one attached hydrogen (secondary N) is 1. The molecule has 5 nitrogen and oxygen atoms in total. The van der Waals surface area contributed by atoms with Gasteiger partial charge in [-0.2, -0.15) is 0 Å². The first-order chi connectivity index (χ1) is 7.13. The molecule has 2 amide bonds. The molecule has 0 bridgehead atoms. The number of rotatable bonds is 3. The van der Waals surface area contributed by atoms with Gasteiger partial charge in [-0.15, -0.1) is 0 Å². The van der Waals surface area contributed by atoms with Gasteiger partial charge in [-0.05, 0) is 13.8 Å². The van der Waals surface area contributed by atoms with E-state index in [1.165, 1.54) is 0 Å². The maximum absolute atomic E-state index is 11.5. The lowest BCUT2D eigenvalue weighted by Crippen LogP contribution is -2.52. The number of aliphatic hydroxyl groups excluding tert-OH is 1. The highest BCUT2D eigenvalue weighted by atomic mass is 16.3. The predicted octanol–water partition coefficient (Wildman–Crippen LogP) is -0.286. The average molecular weight is 215 g/mol. The Hall–Kier alpha value is -0.810. The van der Waals surface area contributed by atoms with E-state index >= 15 is 0 Å². The lowest BCUT2D eigenvalue weighted by atomic mass is 10.3. The van der Waals surface area contributed by atoms with Crippen LogP contribution >= 0.6 is 0 Å². The summed E-state index contributed by atoms with van der Waals surface area (Å²) in [5.41, 5.74) is 0. The van der Waals surface area contributed by atoms with E-state index in [0.717, 1.165) is 26.2 Å². The number of carbonyl (C=O) groups is 1. The van der Waals surface area contributed by atoms with E-state index in [9.17, 15) is 9.90 Å². The first kappa shape index (κ1) is 12.3. The average Bonchev–Trinajstić information content (AvgIpc) is 2.18. The second kappa shape index (κ2) is 5.92. The molecule has 2 N–H and O–H groups in total. The SMILES string of the molecule is CCNC(=O)N1CCN(CC(C)O)CC1. The van der Waals surface area contributed by atoms with Crippen molar-refractivity contribution in [1.29, 1.82) is 0 Å². The monoisotopic (exact) mass is 215 g/mol. The number of piperazine rings is 1. The van der Waals surface area contributed by atoms with Crippen LogP contribution in [0.2, 0.25) is 0 Å². The van der Waals surface area contributed by atoms with E-state index in [0.29, 0.717) is 13.1 Å². The first-order valence-electron chi connectivity index (χ1n) is 5.56. The Morgan fingerprint density at radius 3 is 2.47 bits per heavy atom. The second-order valence-electron chi connectivity index (χ2n) is 3.97. The Balaban J connectivity index is 2.26. The molecule has 1 rings (SSSR count). The van der Waals surface area contributed by atoms with Gasteiger partial charge in [0, 0.05) is 39.3 Å². The minimum atomic E-state index is -0.291. The van der Waals surface area contributed by atoms with Crippen molar-refractivity contribution >= 4 is 6.03 Å². The molecule has 0 aromatic carbocycles. The molecule has 1 aliphatic rings. The highest BCUT2D eigenvalue weighted by Crippen LogP contribution is 2.02. The molecule has 0 saturated carbocycles. The third-order valence-corrected chi connectivity index (χ3v) is 2.51. The van der Waals surface area contributed by atoms with Crippen molar-refractivity contribution in [2.24, 2.45) is 0 Å². The summed E-state index contributed by atoms with van der Waals surface area (Å²) in [6, 6.07) is 0.0224. The molecule has 1 atom stereocenters. The van der Waals surface area contributed by atoms with Gasteiger partial charge in [0.25, 0.3) is 0 Å². The number of nitrogens with zero attached hydrogens (tertiary/aromatic N) is 2. The summed E-state index contributed by atoms with van der Waals surface area (Å²) in [7, 11) is 0. The first-order valence-corrected chi connectivity index (χ1v) is 5.56. The van der Waals surface area contributed by atoms with Crippen LogP contribution in [-0.4, -0.2) is 66.3 Å². The van der Waals surface area contributed by atoms with Crippen LogP contribution in [-0.2, 0) is 0 Å². The molecule has 1 fully saturated rings. The van der Waals surface area contributed by atoms with Crippen molar-refractivity contribution in [2.45, 2.75) is 20.0 Å². The normalized spacial score (nSPS) is 20.1. The lowest BCUT2D eigenvalue weighted by Gasteiger charge is -2.35. The Morgan fingerprint density at radius 2 is 2.00 bits per heavy atom. The quantitative estimate of drug-likeness (QED) is 0.680. The van der Waals surface area contributed by atoms with Crippen molar-refractivity contribution in [2.75, 3.05) is 39.3 Å². The fraction of sp³-hybridized carbons (Fsp3) is 0.900. The van der Waals surface area contributed by atoms with E-state index in [-0.39, 0.29) is 12.1 Å². The molecule has 0 radical (unpaired) electrons. The molecule has 1 aliphatic heterocycles. The smallest absolute Gasteiger partial charge is 0.317 e. The fourth-order valence-corrected chi connectivity index (χ4v) is 1.77. The zero-order valence-electron chi connectivity index (χ0n) is 9.57. The van der Waals surface area contributed by atoms with Crippen LogP contribution in [0.25, 0.3) is 0 Å². The van der Waals surface area contributed by atoms with Crippen LogP contribution in [0.4, 0.5) is 4.79 Å². The molecular weight excluding hydrogens is 194 g/mol. The number of β-amino-alcohol motifs (C(OH)–C–C–N with tert-alkyl or cyclic N) is 1. The molecule has 0 aromatic heterocycles. The van der Waals surface area contributed by atoms with Gasteiger partial charge < -0.3 is 15.3 Å². The summed E-state index contributed by atoms with van der Waals surface area (Å²) in [6.45, 7) is 8.27. The third kappa shape index (κ3) is 4.05. The van der Waals surface area contributed by atoms with Crippen molar-refractivity contribution in [3.63, 3.8) is 0 Å². The van der Waals surface area contributed by atoms with Gasteiger partial charge in [0.05, 0.1) is 6.10 Å². The third-order valence-electron chi connectivity index (χ3n) is 2.51. The zero-order valence-corrected chi connectivity index (χ0v) is 9.57. The van der Waals surface area contributed by atoms with Gasteiger partial charge in [0.2, 0.25) is 0 Å². The second-order valence-corrected chi connectivity index (χ2v) is 3.97. The van der Waals surface area contributed by atoms with Crippen LogP contribution in [0.15, 0.2) is 0 Å². The van der Waals surface area contributed by atoms with Gasteiger partial charge in [0.1, 0.15) is 0 Å². The minimum Gasteiger partial charge on any atom is -0.392 e. The standard InChI is InChI=1S/C10H21N3O2/c1-3-11-10(15)13-6-4-12(5-7-13)8-9(2)14/h9,14H,3-8H2,1-2H3,(H,11,15).